The van der Waals surface area contributed by atoms with Gasteiger partial charge in [0.2, 0.25) is 0 Å². The van der Waals surface area contributed by atoms with Crippen molar-refractivity contribution in [3.05, 3.63) is 42.5 Å². The molecule has 27 heavy (non-hydrogen) atoms. The maximum atomic E-state index is 14.4. The molecule has 1 aromatic carbocycles. The van der Waals surface area contributed by atoms with Crippen LogP contribution in [0.1, 0.15) is 19.3 Å². The molecule has 2 aromatic heterocycles. The minimum atomic E-state index is -0.323. The largest absolute Gasteiger partial charge is 0.497 e. The van der Waals surface area contributed by atoms with Crippen molar-refractivity contribution in [2.75, 3.05) is 38.6 Å². The van der Waals surface area contributed by atoms with Crippen molar-refractivity contribution in [2.45, 2.75) is 19.3 Å². The molecule has 4 rings (SSSR count). The van der Waals surface area contributed by atoms with Gasteiger partial charge in [0.15, 0.2) is 5.65 Å². The molecular formula is C20H24FN5O. The van der Waals surface area contributed by atoms with E-state index in [1.54, 1.807) is 30.0 Å². The smallest absolute Gasteiger partial charge is 0.165 e. The van der Waals surface area contributed by atoms with E-state index in [4.69, 9.17) is 4.74 Å². The van der Waals surface area contributed by atoms with Crippen molar-refractivity contribution in [3.8, 4) is 16.9 Å². The number of benzene rings is 1. The Hall–Kier alpha value is -2.67. The number of hydrogen-bond donors (Lipinski definition) is 1. The predicted octanol–water partition coefficient (Wildman–Crippen LogP) is 3.44. The number of likely N-dealkylation sites (tertiary alicyclic amines) is 1. The minimum absolute atomic E-state index is 0.323. The number of nitrogens with one attached hydrogen (secondary N) is 1. The lowest BCUT2D eigenvalue weighted by Crippen LogP contribution is -2.22. The lowest BCUT2D eigenvalue weighted by Gasteiger charge is -2.14. The van der Waals surface area contributed by atoms with Gasteiger partial charge in [-0.25, -0.2) is 13.9 Å². The van der Waals surface area contributed by atoms with E-state index in [9.17, 15) is 4.39 Å². The summed E-state index contributed by atoms with van der Waals surface area (Å²) < 4.78 is 21.2. The second-order valence-corrected chi connectivity index (χ2v) is 6.81. The van der Waals surface area contributed by atoms with Crippen LogP contribution >= 0.6 is 0 Å². The van der Waals surface area contributed by atoms with Crippen LogP contribution in [0.4, 0.5) is 10.2 Å². The fourth-order valence-electron chi connectivity index (χ4n) is 3.52. The molecule has 0 saturated carbocycles. The number of methoxy groups -OCH3 is 1. The first kappa shape index (κ1) is 17.7. The molecule has 3 aromatic rings. The molecule has 7 heteroatoms. The normalized spacial score (nSPS) is 14.7. The summed E-state index contributed by atoms with van der Waals surface area (Å²) in [7, 11) is 1.57. The summed E-state index contributed by atoms with van der Waals surface area (Å²) >= 11 is 0. The predicted molar refractivity (Wildman–Crippen MR) is 104 cm³/mol. The van der Waals surface area contributed by atoms with Crippen LogP contribution in [0.15, 0.2) is 36.7 Å². The Bertz CT molecular complexity index is 920. The zero-order chi connectivity index (χ0) is 18.6. The molecule has 0 spiro atoms. The Morgan fingerprint density at radius 3 is 2.85 bits per heavy atom. The van der Waals surface area contributed by atoms with E-state index in [1.807, 2.05) is 12.3 Å². The second-order valence-electron chi connectivity index (χ2n) is 6.81. The molecule has 1 N–H and O–H groups in total. The highest BCUT2D eigenvalue weighted by Crippen LogP contribution is 2.29. The van der Waals surface area contributed by atoms with Crippen molar-refractivity contribution in [1.29, 1.82) is 0 Å². The van der Waals surface area contributed by atoms with E-state index in [-0.39, 0.29) is 5.82 Å². The van der Waals surface area contributed by atoms with Crippen molar-refractivity contribution in [2.24, 2.45) is 0 Å². The van der Waals surface area contributed by atoms with E-state index in [0.29, 0.717) is 22.5 Å². The SMILES string of the molecule is COc1ccc(F)c(-c2cnn3ccc(NCCCN4CCCC4)nc23)c1. The average molecular weight is 369 g/mol. The standard InChI is InChI=1S/C20H24FN5O/c1-27-15-5-6-18(21)16(13-15)17-14-23-26-12-7-19(24-20(17)26)22-8-4-11-25-9-2-3-10-25/h5-7,12-14H,2-4,8-11H2,1H3,(H,22,24). The van der Waals surface area contributed by atoms with Gasteiger partial charge in [0.25, 0.3) is 0 Å². The first-order valence-corrected chi connectivity index (χ1v) is 9.39. The fraction of sp³-hybridized carbons (Fsp3) is 0.400. The van der Waals surface area contributed by atoms with Crippen LogP contribution in [0, 0.1) is 5.82 Å². The van der Waals surface area contributed by atoms with Crippen LogP contribution in [0.3, 0.4) is 0 Å². The van der Waals surface area contributed by atoms with Crippen LogP contribution in [-0.2, 0) is 0 Å². The number of rotatable bonds is 7. The monoisotopic (exact) mass is 369 g/mol. The lowest BCUT2D eigenvalue weighted by atomic mass is 10.1. The van der Waals surface area contributed by atoms with Crippen molar-refractivity contribution < 1.29 is 9.13 Å². The highest BCUT2D eigenvalue weighted by Gasteiger charge is 2.14. The molecule has 0 bridgehead atoms. The Morgan fingerprint density at radius 1 is 1.19 bits per heavy atom. The van der Waals surface area contributed by atoms with E-state index in [1.165, 1.54) is 32.0 Å². The molecular weight excluding hydrogens is 345 g/mol. The van der Waals surface area contributed by atoms with Crippen LogP contribution in [0.25, 0.3) is 16.8 Å². The van der Waals surface area contributed by atoms with E-state index in [2.05, 4.69) is 20.3 Å². The molecule has 1 saturated heterocycles. The van der Waals surface area contributed by atoms with Crippen LogP contribution in [0.2, 0.25) is 0 Å². The van der Waals surface area contributed by atoms with Gasteiger partial charge >= 0.3 is 0 Å². The van der Waals surface area contributed by atoms with E-state index >= 15 is 0 Å². The van der Waals surface area contributed by atoms with Gasteiger partial charge in [0.05, 0.1) is 13.3 Å². The van der Waals surface area contributed by atoms with E-state index < -0.39 is 0 Å². The van der Waals surface area contributed by atoms with Crippen LogP contribution in [0.5, 0.6) is 5.75 Å². The maximum Gasteiger partial charge on any atom is 0.165 e. The second kappa shape index (κ2) is 7.92. The Balaban J connectivity index is 1.51. The van der Waals surface area contributed by atoms with Gasteiger partial charge in [-0.15, -0.1) is 0 Å². The molecule has 0 unspecified atom stereocenters. The topological polar surface area (TPSA) is 54.7 Å². The van der Waals surface area contributed by atoms with Crippen molar-refractivity contribution in [3.63, 3.8) is 0 Å². The Morgan fingerprint density at radius 2 is 2.04 bits per heavy atom. The number of halogens is 1. The van der Waals surface area contributed by atoms with Gasteiger partial charge in [-0.2, -0.15) is 5.10 Å². The number of ether oxygens (including phenoxy) is 1. The first-order chi connectivity index (χ1) is 13.2. The molecule has 3 heterocycles. The zero-order valence-corrected chi connectivity index (χ0v) is 15.5. The highest BCUT2D eigenvalue weighted by atomic mass is 19.1. The maximum absolute atomic E-state index is 14.4. The molecule has 1 aliphatic heterocycles. The third-order valence-corrected chi connectivity index (χ3v) is 4.99. The molecule has 0 radical (unpaired) electrons. The number of anilines is 1. The number of nitrogens with zero attached hydrogens (tertiary/aromatic N) is 4. The minimum Gasteiger partial charge on any atom is -0.497 e. The number of fused-ring (bicyclic) bond motifs is 1. The molecule has 0 amide bonds. The Labute approximate surface area is 158 Å². The van der Waals surface area contributed by atoms with Crippen molar-refractivity contribution in [1.82, 2.24) is 19.5 Å². The summed E-state index contributed by atoms with van der Waals surface area (Å²) in [5.74, 6) is 1.05. The highest BCUT2D eigenvalue weighted by molar-refractivity contribution is 5.78. The lowest BCUT2D eigenvalue weighted by molar-refractivity contribution is 0.337. The van der Waals surface area contributed by atoms with Gasteiger partial charge in [-0.1, -0.05) is 0 Å². The van der Waals surface area contributed by atoms with E-state index in [0.717, 1.165) is 25.3 Å². The summed E-state index contributed by atoms with van der Waals surface area (Å²) in [6.45, 7) is 4.41. The third kappa shape index (κ3) is 3.88. The van der Waals surface area contributed by atoms with Gasteiger partial charge in [-0.3, -0.25) is 0 Å². The number of hydrogen-bond acceptors (Lipinski definition) is 5. The van der Waals surface area contributed by atoms with Gasteiger partial charge in [0.1, 0.15) is 17.4 Å². The quantitative estimate of drug-likeness (QED) is 0.647. The molecule has 142 valence electrons. The molecule has 0 atom stereocenters. The first-order valence-electron chi connectivity index (χ1n) is 9.39. The van der Waals surface area contributed by atoms with Gasteiger partial charge in [-0.05, 0) is 63.2 Å². The summed E-state index contributed by atoms with van der Waals surface area (Å²) in [6, 6.07) is 6.56. The fourth-order valence-corrected chi connectivity index (χ4v) is 3.52. The van der Waals surface area contributed by atoms with Crippen molar-refractivity contribution >= 4 is 11.5 Å². The summed E-state index contributed by atoms with van der Waals surface area (Å²) in [5.41, 5.74) is 1.70. The molecule has 0 aliphatic carbocycles. The molecule has 1 fully saturated rings. The van der Waals surface area contributed by atoms with Crippen LogP contribution in [-0.4, -0.2) is 52.8 Å². The zero-order valence-electron chi connectivity index (χ0n) is 15.5. The summed E-state index contributed by atoms with van der Waals surface area (Å²) in [5, 5.41) is 7.66. The van der Waals surface area contributed by atoms with Gasteiger partial charge in [0, 0.05) is 23.9 Å². The Kier molecular flexibility index (Phi) is 5.20. The third-order valence-electron chi connectivity index (χ3n) is 4.99. The molecule has 6 nitrogen and oxygen atoms in total. The number of aromatic nitrogens is 3. The van der Waals surface area contributed by atoms with Gasteiger partial charge < -0.3 is 15.0 Å². The summed E-state index contributed by atoms with van der Waals surface area (Å²) in [4.78, 5) is 7.14. The molecule has 1 aliphatic rings. The summed E-state index contributed by atoms with van der Waals surface area (Å²) in [6.07, 6.45) is 7.18. The van der Waals surface area contributed by atoms with Crippen LogP contribution < -0.4 is 10.1 Å². The average Bonchev–Trinajstić information content (AvgIpc) is 3.35.